The van der Waals surface area contributed by atoms with Crippen LogP contribution in [0.5, 0.6) is 0 Å². The third kappa shape index (κ3) is 2.32. The van der Waals surface area contributed by atoms with Gasteiger partial charge in [0.05, 0.1) is 23.6 Å². The van der Waals surface area contributed by atoms with Crippen molar-refractivity contribution in [1.82, 2.24) is 4.98 Å². The number of aromatic nitrogens is 1. The van der Waals surface area contributed by atoms with E-state index in [4.69, 9.17) is 4.74 Å². The standard InChI is InChI=1S/C14H16N2O3/c1-2-19-14(18)9-5-12-11(15-7-9)6-10(8-3-4-8)13(17)16-12/h5,7-8,10H,2-4,6H2,1H3,(H,16,17). The van der Waals surface area contributed by atoms with Gasteiger partial charge < -0.3 is 10.1 Å². The lowest BCUT2D eigenvalue weighted by Gasteiger charge is -2.23. The van der Waals surface area contributed by atoms with Gasteiger partial charge in [-0.1, -0.05) is 0 Å². The molecule has 1 aliphatic carbocycles. The van der Waals surface area contributed by atoms with Crippen LogP contribution in [0.1, 0.15) is 35.8 Å². The Labute approximate surface area is 111 Å². The highest BCUT2D eigenvalue weighted by atomic mass is 16.5. The number of carbonyl (C=O) groups is 2. The van der Waals surface area contributed by atoms with Gasteiger partial charge in [-0.15, -0.1) is 0 Å². The summed E-state index contributed by atoms with van der Waals surface area (Å²) in [4.78, 5) is 27.9. The van der Waals surface area contributed by atoms with E-state index in [1.54, 1.807) is 13.0 Å². The van der Waals surface area contributed by atoms with Crippen LogP contribution in [0.15, 0.2) is 12.3 Å². The van der Waals surface area contributed by atoms with Gasteiger partial charge in [-0.3, -0.25) is 9.78 Å². The fourth-order valence-corrected chi connectivity index (χ4v) is 2.50. The summed E-state index contributed by atoms with van der Waals surface area (Å²) in [7, 11) is 0. The van der Waals surface area contributed by atoms with Gasteiger partial charge in [0.2, 0.25) is 5.91 Å². The SMILES string of the molecule is CCOC(=O)c1cnc2c(c1)NC(=O)C(C1CC1)C2. The maximum atomic E-state index is 12.0. The minimum absolute atomic E-state index is 0.0495. The summed E-state index contributed by atoms with van der Waals surface area (Å²) in [6.07, 6.45) is 4.47. The number of rotatable bonds is 3. The van der Waals surface area contributed by atoms with Gasteiger partial charge in [-0.2, -0.15) is 0 Å². The van der Waals surface area contributed by atoms with Crippen molar-refractivity contribution in [2.75, 3.05) is 11.9 Å². The lowest BCUT2D eigenvalue weighted by Crippen LogP contribution is -2.32. The molecule has 2 heterocycles. The molecular formula is C14H16N2O3. The second-order valence-corrected chi connectivity index (χ2v) is 5.08. The molecule has 0 radical (unpaired) electrons. The fraction of sp³-hybridized carbons (Fsp3) is 0.500. The van der Waals surface area contributed by atoms with Gasteiger partial charge in [0.1, 0.15) is 0 Å². The van der Waals surface area contributed by atoms with Gasteiger partial charge in [-0.05, 0) is 31.7 Å². The molecule has 1 aliphatic heterocycles. The zero-order valence-corrected chi connectivity index (χ0v) is 10.8. The normalized spacial score (nSPS) is 21.5. The van der Waals surface area contributed by atoms with Crippen molar-refractivity contribution in [3.05, 3.63) is 23.5 Å². The highest BCUT2D eigenvalue weighted by molar-refractivity contribution is 5.98. The maximum absolute atomic E-state index is 12.0. The minimum atomic E-state index is -0.406. The molecule has 1 unspecified atom stereocenters. The van der Waals surface area contributed by atoms with E-state index in [0.29, 0.717) is 30.2 Å². The lowest BCUT2D eigenvalue weighted by molar-refractivity contribution is -0.120. The van der Waals surface area contributed by atoms with Crippen LogP contribution < -0.4 is 5.32 Å². The van der Waals surface area contributed by atoms with Crippen molar-refractivity contribution in [2.24, 2.45) is 11.8 Å². The van der Waals surface area contributed by atoms with E-state index in [1.165, 1.54) is 6.20 Å². The third-order valence-electron chi connectivity index (χ3n) is 3.68. The van der Waals surface area contributed by atoms with Crippen molar-refractivity contribution in [3.63, 3.8) is 0 Å². The lowest BCUT2D eigenvalue weighted by atomic mass is 9.92. The van der Waals surface area contributed by atoms with E-state index in [2.05, 4.69) is 10.3 Å². The Morgan fingerprint density at radius 1 is 1.53 bits per heavy atom. The first-order valence-corrected chi connectivity index (χ1v) is 6.66. The Bertz CT molecular complexity index is 537. The van der Waals surface area contributed by atoms with Crippen LogP contribution in [0, 0.1) is 11.8 Å². The summed E-state index contributed by atoms with van der Waals surface area (Å²) in [6, 6.07) is 1.65. The molecule has 1 N–H and O–H groups in total. The van der Waals surface area contributed by atoms with Crippen molar-refractivity contribution >= 4 is 17.6 Å². The number of fused-ring (bicyclic) bond motifs is 1. The van der Waals surface area contributed by atoms with Crippen molar-refractivity contribution in [1.29, 1.82) is 0 Å². The van der Waals surface area contributed by atoms with Crippen LogP contribution in [0.4, 0.5) is 5.69 Å². The van der Waals surface area contributed by atoms with Crippen LogP contribution in [-0.2, 0) is 16.0 Å². The van der Waals surface area contributed by atoms with Gasteiger partial charge in [-0.25, -0.2) is 4.79 Å². The largest absolute Gasteiger partial charge is 0.462 e. The summed E-state index contributed by atoms with van der Waals surface area (Å²) in [5, 5.41) is 2.86. The molecule has 0 spiro atoms. The average molecular weight is 260 g/mol. The molecule has 5 heteroatoms. The molecule has 19 heavy (non-hydrogen) atoms. The molecule has 1 amide bonds. The number of esters is 1. The molecule has 1 aromatic heterocycles. The first-order chi connectivity index (χ1) is 9.19. The molecule has 1 atom stereocenters. The Balaban J connectivity index is 1.84. The van der Waals surface area contributed by atoms with E-state index < -0.39 is 5.97 Å². The molecule has 1 fully saturated rings. The molecule has 0 saturated heterocycles. The van der Waals surface area contributed by atoms with E-state index >= 15 is 0 Å². The molecule has 2 aliphatic rings. The number of pyridine rings is 1. The van der Waals surface area contributed by atoms with E-state index in [9.17, 15) is 9.59 Å². The van der Waals surface area contributed by atoms with Crippen molar-refractivity contribution in [2.45, 2.75) is 26.2 Å². The summed E-state index contributed by atoms with van der Waals surface area (Å²) in [5.41, 5.74) is 1.89. The molecule has 0 aromatic carbocycles. The third-order valence-corrected chi connectivity index (χ3v) is 3.68. The average Bonchev–Trinajstić information content (AvgIpc) is 3.22. The van der Waals surface area contributed by atoms with Crippen LogP contribution in [0.2, 0.25) is 0 Å². The Kier molecular flexibility index (Phi) is 2.97. The summed E-state index contributed by atoms with van der Waals surface area (Å²) in [5.74, 6) is 0.210. The van der Waals surface area contributed by atoms with Gasteiger partial charge in [0.15, 0.2) is 0 Å². The second kappa shape index (κ2) is 4.64. The van der Waals surface area contributed by atoms with Crippen molar-refractivity contribution in [3.8, 4) is 0 Å². The molecule has 5 nitrogen and oxygen atoms in total. The smallest absolute Gasteiger partial charge is 0.339 e. The Hall–Kier alpha value is -1.91. The Morgan fingerprint density at radius 2 is 2.32 bits per heavy atom. The first kappa shape index (κ1) is 12.1. The number of hydrogen-bond donors (Lipinski definition) is 1. The predicted molar refractivity (Wildman–Crippen MR) is 68.7 cm³/mol. The monoisotopic (exact) mass is 260 g/mol. The number of anilines is 1. The van der Waals surface area contributed by atoms with Gasteiger partial charge in [0.25, 0.3) is 0 Å². The zero-order chi connectivity index (χ0) is 13.4. The summed E-state index contributed by atoms with van der Waals surface area (Å²) in [6.45, 7) is 2.08. The van der Waals surface area contributed by atoms with Crippen LogP contribution in [0.3, 0.4) is 0 Å². The first-order valence-electron chi connectivity index (χ1n) is 6.66. The minimum Gasteiger partial charge on any atom is -0.462 e. The molecule has 3 rings (SSSR count). The number of carbonyl (C=O) groups excluding carboxylic acids is 2. The number of hydrogen-bond acceptors (Lipinski definition) is 4. The zero-order valence-electron chi connectivity index (χ0n) is 10.8. The van der Waals surface area contributed by atoms with Crippen molar-refractivity contribution < 1.29 is 14.3 Å². The number of ether oxygens (including phenoxy) is 1. The highest BCUT2D eigenvalue weighted by Crippen LogP contribution is 2.41. The predicted octanol–water partition coefficient (Wildman–Crippen LogP) is 1.78. The van der Waals surface area contributed by atoms with Crippen LogP contribution in [0.25, 0.3) is 0 Å². The molecule has 100 valence electrons. The van der Waals surface area contributed by atoms with Gasteiger partial charge in [0, 0.05) is 18.5 Å². The number of amides is 1. The van der Waals surface area contributed by atoms with E-state index in [-0.39, 0.29) is 11.8 Å². The molecule has 1 aromatic rings. The highest BCUT2D eigenvalue weighted by Gasteiger charge is 2.39. The molecule has 1 saturated carbocycles. The Morgan fingerprint density at radius 3 is 3.00 bits per heavy atom. The van der Waals surface area contributed by atoms with Crippen LogP contribution >= 0.6 is 0 Å². The molecule has 0 bridgehead atoms. The fourth-order valence-electron chi connectivity index (χ4n) is 2.50. The molecular weight excluding hydrogens is 244 g/mol. The maximum Gasteiger partial charge on any atom is 0.339 e. The summed E-state index contributed by atoms with van der Waals surface area (Å²) >= 11 is 0. The quantitative estimate of drug-likeness (QED) is 0.841. The summed E-state index contributed by atoms with van der Waals surface area (Å²) < 4.78 is 4.92. The number of nitrogens with one attached hydrogen (secondary N) is 1. The number of nitrogens with zero attached hydrogens (tertiary/aromatic N) is 1. The second-order valence-electron chi connectivity index (χ2n) is 5.08. The van der Waals surface area contributed by atoms with E-state index in [1.807, 2.05) is 0 Å². The van der Waals surface area contributed by atoms with Gasteiger partial charge >= 0.3 is 5.97 Å². The van der Waals surface area contributed by atoms with Crippen LogP contribution in [-0.4, -0.2) is 23.5 Å². The topological polar surface area (TPSA) is 68.3 Å². The van der Waals surface area contributed by atoms with E-state index in [0.717, 1.165) is 18.5 Å².